The van der Waals surface area contributed by atoms with E-state index in [1.807, 2.05) is 42.2 Å². The molecule has 2 saturated heterocycles. The maximum absolute atomic E-state index is 13.2. The van der Waals surface area contributed by atoms with Gasteiger partial charge in [-0.1, -0.05) is 35.5 Å². The maximum atomic E-state index is 13.2. The van der Waals surface area contributed by atoms with Crippen LogP contribution in [0.4, 0.5) is 0 Å². The minimum atomic E-state index is 0.00878. The molecule has 7 heteroatoms. The summed E-state index contributed by atoms with van der Waals surface area (Å²) in [5, 5.41) is 7.35. The van der Waals surface area contributed by atoms with Crippen LogP contribution in [0, 0.1) is 11.8 Å². The average Bonchev–Trinajstić information content (AvgIpc) is 3.42. The highest BCUT2D eigenvalue weighted by molar-refractivity contribution is 5.99. The van der Waals surface area contributed by atoms with Crippen LogP contribution in [-0.4, -0.2) is 59.0 Å². The predicted molar refractivity (Wildman–Crippen MR) is 110 cm³/mol. The number of hydrogen-bond acceptors (Lipinski definition) is 6. The summed E-state index contributed by atoms with van der Waals surface area (Å²) in [7, 11) is 0. The lowest BCUT2D eigenvalue weighted by atomic mass is 10.0. The molecule has 1 aromatic heterocycles. The van der Waals surface area contributed by atoms with Crippen molar-refractivity contribution in [1.29, 1.82) is 0 Å². The Morgan fingerprint density at radius 1 is 1.10 bits per heavy atom. The predicted octanol–water partition coefficient (Wildman–Crippen LogP) is 2.60. The molecule has 150 valence electrons. The first kappa shape index (κ1) is 18.1. The molecule has 0 saturated carbocycles. The molecule has 1 N–H and O–H groups in total. The van der Waals surface area contributed by atoms with Crippen LogP contribution in [-0.2, 0) is 0 Å². The lowest BCUT2D eigenvalue weighted by molar-refractivity contribution is 0.0768. The van der Waals surface area contributed by atoms with Crippen molar-refractivity contribution in [3.05, 3.63) is 53.9 Å². The van der Waals surface area contributed by atoms with Gasteiger partial charge in [-0.15, -0.1) is 0 Å². The number of carbonyl (C=O) groups excluding carboxylic acids is 1. The van der Waals surface area contributed by atoms with Crippen molar-refractivity contribution in [1.82, 2.24) is 20.3 Å². The van der Waals surface area contributed by atoms with E-state index < -0.39 is 0 Å². The zero-order valence-electron chi connectivity index (χ0n) is 16.7. The van der Waals surface area contributed by atoms with E-state index in [0.717, 1.165) is 43.2 Å². The van der Waals surface area contributed by atoms with Crippen LogP contribution >= 0.6 is 0 Å². The minimum Gasteiger partial charge on any atom is -0.355 e. The number of likely N-dealkylation sites (tertiary alicyclic amines) is 2. The van der Waals surface area contributed by atoms with Crippen molar-refractivity contribution in [2.24, 2.45) is 16.8 Å². The molecule has 0 aliphatic carbocycles. The molecule has 7 nitrogen and oxygen atoms in total. The number of nitrogens with zero attached hydrogens (tertiary/aromatic N) is 4. The molecule has 2 fully saturated rings. The molecule has 1 aromatic carbocycles. The first-order valence-corrected chi connectivity index (χ1v) is 10.1. The second-order valence-electron chi connectivity index (χ2n) is 8.23. The molecule has 0 bridgehead atoms. The Kier molecular flexibility index (Phi) is 4.47. The van der Waals surface area contributed by atoms with Gasteiger partial charge in [0.2, 0.25) is 0 Å². The van der Waals surface area contributed by atoms with E-state index >= 15 is 0 Å². The smallest absolute Gasteiger partial charge is 0.259 e. The van der Waals surface area contributed by atoms with Gasteiger partial charge < -0.3 is 14.7 Å². The largest absolute Gasteiger partial charge is 0.355 e. The van der Waals surface area contributed by atoms with Crippen LogP contribution in [0.5, 0.6) is 0 Å². The summed E-state index contributed by atoms with van der Waals surface area (Å²) >= 11 is 0. The lowest BCUT2D eigenvalue weighted by Crippen LogP contribution is -2.46. The van der Waals surface area contributed by atoms with Gasteiger partial charge in [-0.05, 0) is 31.8 Å². The highest BCUT2D eigenvalue weighted by atomic mass is 16.5. The normalized spacial score (nSPS) is 26.7. The summed E-state index contributed by atoms with van der Waals surface area (Å²) in [6, 6.07) is 9.68. The third-order valence-corrected chi connectivity index (χ3v) is 6.09. The number of benzene rings is 1. The molecular formula is C22H25N5O2. The number of aromatic nitrogens is 1. The van der Waals surface area contributed by atoms with Crippen LogP contribution in [0.15, 0.2) is 57.8 Å². The molecule has 2 aromatic rings. The number of aliphatic imine (C=N–C) groups is 1. The van der Waals surface area contributed by atoms with Gasteiger partial charge in [0.1, 0.15) is 5.56 Å². The van der Waals surface area contributed by atoms with Crippen molar-refractivity contribution < 1.29 is 9.32 Å². The number of nitrogens with one attached hydrogen (secondary N) is 1. The molecule has 3 unspecified atom stereocenters. The summed E-state index contributed by atoms with van der Waals surface area (Å²) in [5.74, 6) is 1.51. The van der Waals surface area contributed by atoms with Gasteiger partial charge in [0, 0.05) is 43.2 Å². The van der Waals surface area contributed by atoms with Gasteiger partial charge in [-0.2, -0.15) is 0 Å². The molecular weight excluding hydrogens is 366 g/mol. The molecule has 0 radical (unpaired) electrons. The van der Waals surface area contributed by atoms with Crippen molar-refractivity contribution >= 4 is 11.6 Å². The van der Waals surface area contributed by atoms with Crippen molar-refractivity contribution in [2.45, 2.75) is 20.1 Å². The van der Waals surface area contributed by atoms with Crippen LogP contribution in [0.2, 0.25) is 0 Å². The van der Waals surface area contributed by atoms with Crippen molar-refractivity contribution in [2.75, 3.05) is 26.2 Å². The summed E-state index contributed by atoms with van der Waals surface area (Å²) in [6.45, 7) is 7.55. The van der Waals surface area contributed by atoms with Gasteiger partial charge in [0.25, 0.3) is 5.91 Å². The minimum absolute atomic E-state index is 0.00878. The molecule has 3 atom stereocenters. The number of fused-ring (bicyclic) bond motifs is 1. The maximum Gasteiger partial charge on any atom is 0.259 e. The Morgan fingerprint density at radius 2 is 1.83 bits per heavy atom. The van der Waals surface area contributed by atoms with Gasteiger partial charge >= 0.3 is 0 Å². The molecule has 3 aliphatic heterocycles. The fourth-order valence-electron chi connectivity index (χ4n) is 4.75. The first-order chi connectivity index (χ1) is 14.1. The van der Waals surface area contributed by atoms with E-state index in [1.54, 1.807) is 6.20 Å². The van der Waals surface area contributed by atoms with Crippen LogP contribution in [0.25, 0.3) is 11.3 Å². The number of carbonyl (C=O) groups is 1. The summed E-state index contributed by atoms with van der Waals surface area (Å²) in [6.07, 6.45) is 3.62. The second-order valence-corrected chi connectivity index (χ2v) is 8.23. The Balaban J connectivity index is 1.26. The number of amides is 1. The van der Waals surface area contributed by atoms with E-state index in [-0.39, 0.29) is 12.2 Å². The van der Waals surface area contributed by atoms with Crippen LogP contribution in [0.3, 0.4) is 0 Å². The van der Waals surface area contributed by atoms with Gasteiger partial charge in [-0.3, -0.25) is 14.7 Å². The Hall–Kier alpha value is -2.93. The Morgan fingerprint density at radius 3 is 2.52 bits per heavy atom. The summed E-state index contributed by atoms with van der Waals surface area (Å²) in [5.41, 5.74) is 3.63. The van der Waals surface area contributed by atoms with Gasteiger partial charge in [-0.25, -0.2) is 0 Å². The van der Waals surface area contributed by atoms with E-state index in [0.29, 0.717) is 23.2 Å². The Labute approximate surface area is 170 Å². The van der Waals surface area contributed by atoms with E-state index in [1.165, 1.54) is 0 Å². The van der Waals surface area contributed by atoms with Crippen LogP contribution < -0.4 is 5.32 Å². The Bertz CT molecular complexity index is 966. The molecule has 1 amide bonds. The molecule has 5 rings (SSSR count). The molecule has 4 heterocycles. The van der Waals surface area contributed by atoms with Gasteiger partial charge in [0.15, 0.2) is 12.0 Å². The first-order valence-electron chi connectivity index (χ1n) is 10.1. The zero-order valence-corrected chi connectivity index (χ0v) is 16.7. The van der Waals surface area contributed by atoms with E-state index in [4.69, 9.17) is 9.52 Å². The molecule has 0 spiro atoms. The van der Waals surface area contributed by atoms with Crippen molar-refractivity contribution in [3.63, 3.8) is 0 Å². The molecule has 29 heavy (non-hydrogen) atoms. The average molecular weight is 391 g/mol. The van der Waals surface area contributed by atoms with E-state index in [9.17, 15) is 4.79 Å². The quantitative estimate of drug-likeness (QED) is 0.871. The zero-order chi connectivity index (χ0) is 20.0. The standard InChI is InChI=1S/C22H25N5O2/c1-14-8-15(2)25-22(24-14)27-12-17-10-26(11-18(17)13-27)21(28)19-9-23-29-20(19)16-6-4-3-5-7-16/h3-9,17-18,22,24H,10-13H2,1-2H3. The van der Waals surface area contributed by atoms with Crippen LogP contribution in [0.1, 0.15) is 24.2 Å². The highest BCUT2D eigenvalue weighted by Crippen LogP contribution is 2.34. The third-order valence-electron chi connectivity index (χ3n) is 6.09. The second kappa shape index (κ2) is 7.15. The van der Waals surface area contributed by atoms with Gasteiger partial charge in [0.05, 0.1) is 6.20 Å². The number of allylic oxidation sites excluding steroid dienone is 2. The topological polar surface area (TPSA) is 74.0 Å². The monoisotopic (exact) mass is 391 g/mol. The highest BCUT2D eigenvalue weighted by Gasteiger charge is 2.44. The fraction of sp³-hybridized carbons (Fsp3) is 0.409. The van der Waals surface area contributed by atoms with E-state index in [2.05, 4.69) is 28.4 Å². The summed E-state index contributed by atoms with van der Waals surface area (Å²) in [4.78, 5) is 22.3. The number of hydrogen-bond donors (Lipinski definition) is 1. The van der Waals surface area contributed by atoms with Crippen molar-refractivity contribution in [3.8, 4) is 11.3 Å². The third kappa shape index (κ3) is 3.35. The molecule has 3 aliphatic rings. The number of rotatable bonds is 3. The fourth-order valence-corrected chi connectivity index (χ4v) is 4.75. The lowest BCUT2D eigenvalue weighted by Gasteiger charge is -2.30. The SMILES string of the molecule is CC1=CC(C)=NC(N2CC3CN(C(=O)c4cnoc4-c4ccccc4)CC3C2)N1. The summed E-state index contributed by atoms with van der Waals surface area (Å²) < 4.78 is 5.41.